The topological polar surface area (TPSA) is 123 Å². The second-order valence-electron chi connectivity index (χ2n) is 7.51. The maximum absolute atomic E-state index is 12.9. The van der Waals surface area contributed by atoms with Gasteiger partial charge in [-0.2, -0.15) is 0 Å². The summed E-state index contributed by atoms with van der Waals surface area (Å²) in [6.07, 6.45) is 0. The number of fused-ring (bicyclic) bond motifs is 1. The van der Waals surface area contributed by atoms with Crippen molar-refractivity contribution in [3.8, 4) is 0 Å². The summed E-state index contributed by atoms with van der Waals surface area (Å²) in [5, 5.41) is 3.03. The number of morpholine rings is 1. The monoisotopic (exact) mass is 452 g/mol. The van der Waals surface area contributed by atoms with Crippen molar-refractivity contribution in [3.63, 3.8) is 0 Å². The van der Waals surface area contributed by atoms with E-state index in [1.807, 2.05) is 6.07 Å². The molecule has 3 aromatic rings. The quantitative estimate of drug-likeness (QED) is 0.564. The van der Waals surface area contributed by atoms with E-state index in [0.717, 1.165) is 10.3 Å². The lowest BCUT2D eigenvalue weighted by atomic mass is 10.1. The number of ether oxygens (including phenoxy) is 2. The van der Waals surface area contributed by atoms with Crippen LogP contribution in [-0.2, 0) is 16.0 Å². The van der Waals surface area contributed by atoms with Gasteiger partial charge in [-0.15, -0.1) is 0 Å². The highest BCUT2D eigenvalue weighted by atomic mass is 16.5. The number of methoxy groups -OCH3 is 1. The van der Waals surface area contributed by atoms with Gasteiger partial charge in [0.1, 0.15) is 0 Å². The fraction of sp³-hybridized carbons (Fsp3) is 0.304. The van der Waals surface area contributed by atoms with E-state index >= 15 is 0 Å². The average Bonchev–Trinajstić information content (AvgIpc) is 2.84. The van der Waals surface area contributed by atoms with Gasteiger partial charge in [-0.05, 0) is 43.3 Å². The van der Waals surface area contributed by atoms with Crippen molar-refractivity contribution in [3.05, 3.63) is 68.4 Å². The third-order valence-electron chi connectivity index (χ3n) is 5.59. The SMILES string of the molecule is CCn1c(=O)[nH]c2cc(C(=O)Nc3ccc(N4CCOCC4)cc3C(=O)OC)ccc2c1=O. The maximum atomic E-state index is 12.9. The number of esters is 1. The molecule has 2 aromatic carbocycles. The van der Waals surface area contributed by atoms with Gasteiger partial charge in [-0.25, -0.2) is 9.59 Å². The Labute approximate surface area is 188 Å². The molecule has 1 aliphatic heterocycles. The van der Waals surface area contributed by atoms with Gasteiger partial charge >= 0.3 is 11.7 Å². The molecule has 33 heavy (non-hydrogen) atoms. The minimum atomic E-state index is -0.580. The first kappa shape index (κ1) is 22.3. The van der Waals surface area contributed by atoms with E-state index in [1.165, 1.54) is 25.3 Å². The number of carbonyl (C=O) groups excluding carboxylic acids is 2. The van der Waals surface area contributed by atoms with Crippen molar-refractivity contribution in [1.29, 1.82) is 0 Å². The zero-order chi connectivity index (χ0) is 23.5. The molecule has 0 bridgehead atoms. The number of hydrogen-bond acceptors (Lipinski definition) is 7. The predicted octanol–water partition coefficient (Wildman–Crippen LogP) is 1.59. The maximum Gasteiger partial charge on any atom is 0.340 e. The number of H-pyrrole nitrogens is 1. The smallest absolute Gasteiger partial charge is 0.340 e. The van der Waals surface area contributed by atoms with Gasteiger partial charge in [0, 0.05) is 30.9 Å². The first-order valence-corrected chi connectivity index (χ1v) is 10.6. The molecule has 10 heteroatoms. The predicted molar refractivity (Wildman–Crippen MR) is 123 cm³/mol. The number of nitrogens with one attached hydrogen (secondary N) is 2. The second-order valence-corrected chi connectivity index (χ2v) is 7.51. The first-order chi connectivity index (χ1) is 15.9. The molecule has 1 saturated heterocycles. The Morgan fingerprint density at radius 3 is 2.58 bits per heavy atom. The van der Waals surface area contributed by atoms with Gasteiger partial charge in [0.05, 0.1) is 42.5 Å². The fourth-order valence-corrected chi connectivity index (χ4v) is 3.82. The molecule has 0 radical (unpaired) electrons. The standard InChI is InChI=1S/C23H24N4O6/c1-3-27-21(29)16-6-4-14(12-19(16)25-23(27)31)20(28)24-18-7-5-15(13-17(18)22(30)32-2)26-8-10-33-11-9-26/h4-7,12-13H,3,8-11H2,1-2H3,(H,24,28)(H,25,31). The summed E-state index contributed by atoms with van der Waals surface area (Å²) in [5.74, 6) is -1.08. The summed E-state index contributed by atoms with van der Waals surface area (Å²) >= 11 is 0. The van der Waals surface area contributed by atoms with Crippen LogP contribution in [-0.4, -0.2) is 54.8 Å². The molecule has 0 saturated carbocycles. The molecule has 10 nitrogen and oxygen atoms in total. The van der Waals surface area contributed by atoms with Crippen molar-refractivity contribution >= 4 is 34.2 Å². The third kappa shape index (κ3) is 4.37. The first-order valence-electron chi connectivity index (χ1n) is 10.6. The number of rotatable bonds is 5. The number of carbonyl (C=O) groups is 2. The van der Waals surface area contributed by atoms with E-state index in [2.05, 4.69) is 15.2 Å². The molecule has 2 heterocycles. The number of aromatic amines is 1. The van der Waals surface area contributed by atoms with E-state index in [0.29, 0.717) is 37.4 Å². The lowest BCUT2D eigenvalue weighted by Gasteiger charge is -2.29. The Kier molecular flexibility index (Phi) is 6.27. The molecule has 2 N–H and O–H groups in total. The van der Waals surface area contributed by atoms with Crippen LogP contribution >= 0.6 is 0 Å². The lowest BCUT2D eigenvalue weighted by molar-refractivity contribution is 0.0602. The normalized spacial score (nSPS) is 13.7. The highest BCUT2D eigenvalue weighted by Crippen LogP contribution is 2.25. The number of hydrogen-bond donors (Lipinski definition) is 2. The molecule has 1 aromatic heterocycles. The van der Waals surface area contributed by atoms with Crippen molar-refractivity contribution in [2.75, 3.05) is 43.6 Å². The van der Waals surface area contributed by atoms with Crippen LogP contribution in [0.3, 0.4) is 0 Å². The van der Waals surface area contributed by atoms with Crippen LogP contribution in [0, 0.1) is 0 Å². The van der Waals surface area contributed by atoms with Crippen molar-refractivity contribution in [1.82, 2.24) is 9.55 Å². The number of nitrogens with zero attached hydrogens (tertiary/aromatic N) is 2. The van der Waals surface area contributed by atoms with Crippen molar-refractivity contribution in [2.45, 2.75) is 13.5 Å². The third-order valence-corrected chi connectivity index (χ3v) is 5.59. The largest absolute Gasteiger partial charge is 0.465 e. The van der Waals surface area contributed by atoms with Gasteiger partial charge in [0.15, 0.2) is 0 Å². The Balaban J connectivity index is 1.66. The number of anilines is 2. The van der Waals surface area contributed by atoms with E-state index in [4.69, 9.17) is 9.47 Å². The van der Waals surface area contributed by atoms with Crippen molar-refractivity contribution in [2.24, 2.45) is 0 Å². The van der Waals surface area contributed by atoms with E-state index in [-0.39, 0.29) is 23.2 Å². The molecule has 0 spiro atoms. The molecular weight excluding hydrogens is 428 g/mol. The van der Waals surface area contributed by atoms with Gasteiger partial charge in [0.2, 0.25) is 0 Å². The second kappa shape index (κ2) is 9.29. The summed E-state index contributed by atoms with van der Waals surface area (Å²) in [5.41, 5.74) is 0.855. The minimum Gasteiger partial charge on any atom is -0.465 e. The molecule has 0 atom stereocenters. The zero-order valence-electron chi connectivity index (χ0n) is 18.3. The fourth-order valence-electron chi connectivity index (χ4n) is 3.82. The van der Waals surface area contributed by atoms with Crippen LogP contribution in [0.4, 0.5) is 11.4 Å². The van der Waals surface area contributed by atoms with Gasteiger partial charge in [-0.3, -0.25) is 14.2 Å². The van der Waals surface area contributed by atoms with Crippen molar-refractivity contribution < 1.29 is 19.1 Å². The summed E-state index contributed by atoms with van der Waals surface area (Å²) in [6.45, 7) is 4.53. The van der Waals surface area contributed by atoms with Gasteiger partial charge in [0.25, 0.3) is 11.5 Å². The average molecular weight is 452 g/mol. The summed E-state index contributed by atoms with van der Waals surface area (Å²) < 4.78 is 11.4. The molecule has 1 amide bonds. The molecule has 0 unspecified atom stereocenters. The van der Waals surface area contributed by atoms with Crippen LogP contribution in [0.25, 0.3) is 10.9 Å². The van der Waals surface area contributed by atoms with Crippen LogP contribution in [0.5, 0.6) is 0 Å². The van der Waals surface area contributed by atoms with Gasteiger partial charge in [-0.1, -0.05) is 0 Å². The summed E-state index contributed by atoms with van der Waals surface area (Å²) in [7, 11) is 1.28. The highest BCUT2D eigenvalue weighted by molar-refractivity contribution is 6.09. The van der Waals surface area contributed by atoms with Crippen LogP contribution < -0.4 is 21.5 Å². The van der Waals surface area contributed by atoms with Crippen LogP contribution in [0.15, 0.2) is 46.0 Å². The lowest BCUT2D eigenvalue weighted by Crippen LogP contribution is -2.36. The number of aromatic nitrogens is 2. The Morgan fingerprint density at radius 1 is 1.12 bits per heavy atom. The molecule has 0 aliphatic carbocycles. The van der Waals surface area contributed by atoms with Crippen LogP contribution in [0.1, 0.15) is 27.6 Å². The number of benzene rings is 2. The summed E-state index contributed by atoms with van der Waals surface area (Å²) in [6, 6.07) is 9.58. The minimum absolute atomic E-state index is 0.217. The molecule has 1 fully saturated rings. The van der Waals surface area contributed by atoms with E-state index in [9.17, 15) is 19.2 Å². The van der Waals surface area contributed by atoms with Gasteiger partial charge < -0.3 is 24.7 Å². The molecule has 172 valence electrons. The van der Waals surface area contributed by atoms with E-state index < -0.39 is 23.1 Å². The highest BCUT2D eigenvalue weighted by Gasteiger charge is 2.19. The molecule has 1 aliphatic rings. The van der Waals surface area contributed by atoms with E-state index in [1.54, 1.807) is 19.1 Å². The Hall–Kier alpha value is -3.92. The van der Waals surface area contributed by atoms with Crippen LogP contribution in [0.2, 0.25) is 0 Å². The molecular formula is C23H24N4O6. The Morgan fingerprint density at radius 2 is 1.88 bits per heavy atom. The zero-order valence-corrected chi connectivity index (χ0v) is 18.3. The molecule has 4 rings (SSSR count). The Bertz CT molecular complexity index is 1340. The summed E-state index contributed by atoms with van der Waals surface area (Å²) in [4.78, 5) is 54.6. The number of amides is 1.